The van der Waals surface area contributed by atoms with E-state index < -0.39 is 21.3 Å². The Morgan fingerprint density at radius 1 is 1.19 bits per heavy atom. The zero-order chi connectivity index (χ0) is 25.8. The molecule has 0 aliphatic carbocycles. The molecule has 2 aromatic carbocycles. The standard InChI is InChI=1S/C23H24N6O5S3/c30-36(31)26-23-24-21-7-6-20(14-22(21)35-23)34-16-18-15-29(27-25-18)19-8-11-28(12-9-19)37(32,33)13-10-17-4-2-1-3-5-17/h1-7,10,13-15,19H,8-9,11-12,16H2,(H,24,26)(H,30,31)/p-1/b13-10+. The van der Waals surface area contributed by atoms with E-state index in [1.54, 1.807) is 29.0 Å². The van der Waals surface area contributed by atoms with Gasteiger partial charge in [0.1, 0.15) is 18.1 Å². The van der Waals surface area contributed by atoms with Gasteiger partial charge >= 0.3 is 0 Å². The van der Waals surface area contributed by atoms with Gasteiger partial charge in [0.05, 0.1) is 22.5 Å². The lowest BCUT2D eigenvalue weighted by molar-refractivity contribution is 0.260. The van der Waals surface area contributed by atoms with Gasteiger partial charge in [-0.2, -0.15) is 4.31 Å². The van der Waals surface area contributed by atoms with Crippen molar-refractivity contribution in [2.45, 2.75) is 25.5 Å². The summed E-state index contributed by atoms with van der Waals surface area (Å²) in [5.41, 5.74) is 2.15. The molecule has 1 saturated heterocycles. The van der Waals surface area contributed by atoms with Gasteiger partial charge < -0.3 is 9.29 Å². The van der Waals surface area contributed by atoms with Crippen molar-refractivity contribution in [3.63, 3.8) is 0 Å². The van der Waals surface area contributed by atoms with Crippen molar-refractivity contribution < 1.29 is 21.9 Å². The van der Waals surface area contributed by atoms with Crippen molar-refractivity contribution in [2.24, 2.45) is 0 Å². The fraction of sp³-hybridized carbons (Fsp3) is 0.261. The average Bonchev–Trinajstić information content (AvgIpc) is 3.53. The molecule has 2 aromatic heterocycles. The van der Waals surface area contributed by atoms with Crippen LogP contribution < -0.4 is 9.46 Å². The van der Waals surface area contributed by atoms with Crippen LogP contribution in [0, 0.1) is 0 Å². The number of sulfonamides is 1. The van der Waals surface area contributed by atoms with Gasteiger partial charge in [0.2, 0.25) is 10.0 Å². The van der Waals surface area contributed by atoms with Gasteiger partial charge in [0.15, 0.2) is 5.13 Å². The summed E-state index contributed by atoms with van der Waals surface area (Å²) in [4.78, 5) is 4.20. The van der Waals surface area contributed by atoms with Gasteiger partial charge in [0, 0.05) is 29.8 Å². The number of hydrogen-bond donors (Lipinski definition) is 1. The average molecular weight is 560 g/mol. The highest BCUT2D eigenvalue weighted by atomic mass is 32.2. The molecule has 1 unspecified atom stereocenters. The highest BCUT2D eigenvalue weighted by molar-refractivity contribution is 7.92. The van der Waals surface area contributed by atoms with E-state index in [1.807, 2.05) is 36.5 Å². The van der Waals surface area contributed by atoms with Crippen LogP contribution in [0.4, 0.5) is 5.13 Å². The highest BCUT2D eigenvalue weighted by Gasteiger charge is 2.27. The number of piperidine rings is 1. The van der Waals surface area contributed by atoms with E-state index in [0.29, 0.717) is 42.9 Å². The number of ether oxygens (including phenoxy) is 1. The minimum Gasteiger partial charge on any atom is -0.755 e. The Labute approximate surface area is 220 Å². The van der Waals surface area contributed by atoms with E-state index >= 15 is 0 Å². The van der Waals surface area contributed by atoms with E-state index in [-0.39, 0.29) is 17.8 Å². The summed E-state index contributed by atoms with van der Waals surface area (Å²) < 4.78 is 59.2. The number of anilines is 1. The summed E-state index contributed by atoms with van der Waals surface area (Å²) in [6, 6.07) is 14.7. The Balaban J connectivity index is 1.15. The van der Waals surface area contributed by atoms with Gasteiger partial charge in [-0.1, -0.05) is 46.9 Å². The first-order valence-electron chi connectivity index (χ1n) is 11.4. The fourth-order valence-corrected chi connectivity index (χ4v) is 6.53. The second-order valence-corrected chi connectivity index (χ2v) is 11.9. The fourth-order valence-electron chi connectivity index (χ4n) is 4.00. The number of fused-ring (bicyclic) bond motifs is 1. The molecule has 5 rings (SSSR count). The molecule has 37 heavy (non-hydrogen) atoms. The third kappa shape index (κ3) is 6.40. The lowest BCUT2D eigenvalue weighted by Crippen LogP contribution is -2.38. The molecule has 0 radical (unpaired) electrons. The van der Waals surface area contributed by atoms with E-state index in [0.717, 1.165) is 10.3 Å². The smallest absolute Gasteiger partial charge is 0.236 e. The minimum atomic E-state index is -3.49. The summed E-state index contributed by atoms with van der Waals surface area (Å²) in [5.74, 6) is 0.600. The van der Waals surface area contributed by atoms with Gasteiger partial charge in [-0.25, -0.2) is 18.1 Å². The van der Waals surface area contributed by atoms with Crippen LogP contribution in [-0.2, 0) is 27.9 Å². The first-order chi connectivity index (χ1) is 17.9. The maximum Gasteiger partial charge on any atom is 0.236 e. The second kappa shape index (κ2) is 11.1. The van der Waals surface area contributed by atoms with E-state index in [2.05, 4.69) is 20.0 Å². The van der Waals surface area contributed by atoms with Crippen LogP contribution in [0.2, 0.25) is 0 Å². The zero-order valence-electron chi connectivity index (χ0n) is 19.5. The molecule has 14 heteroatoms. The maximum atomic E-state index is 12.7. The van der Waals surface area contributed by atoms with Gasteiger partial charge in [-0.3, -0.25) is 8.93 Å². The van der Waals surface area contributed by atoms with E-state index in [4.69, 9.17) is 4.74 Å². The minimum absolute atomic E-state index is 0.0526. The molecule has 194 valence electrons. The van der Waals surface area contributed by atoms with Crippen LogP contribution in [0.1, 0.15) is 30.1 Å². The zero-order valence-corrected chi connectivity index (χ0v) is 21.9. The Morgan fingerprint density at radius 2 is 1.97 bits per heavy atom. The lowest BCUT2D eigenvalue weighted by atomic mass is 10.1. The summed E-state index contributed by atoms with van der Waals surface area (Å²) in [6.07, 6.45) is 4.70. The SMILES string of the molecule is O=S([O-])Nc1nc2ccc(OCc3cn(C4CCN(S(=O)(=O)/C=C/c5ccccc5)CC4)nn3)cc2s1. The van der Waals surface area contributed by atoms with Crippen molar-refractivity contribution in [1.82, 2.24) is 24.3 Å². The van der Waals surface area contributed by atoms with Crippen LogP contribution >= 0.6 is 11.3 Å². The summed E-state index contributed by atoms with van der Waals surface area (Å²) >= 11 is -1.22. The third-order valence-electron chi connectivity index (χ3n) is 5.86. The lowest BCUT2D eigenvalue weighted by Gasteiger charge is -2.30. The molecule has 1 fully saturated rings. The molecule has 0 bridgehead atoms. The monoisotopic (exact) mass is 559 g/mol. The maximum absolute atomic E-state index is 12.7. The van der Waals surface area contributed by atoms with Crippen LogP contribution in [-0.4, -0.2) is 54.6 Å². The first kappa shape index (κ1) is 25.5. The molecule has 1 N–H and O–H groups in total. The van der Waals surface area contributed by atoms with Gasteiger partial charge in [-0.15, -0.1) is 5.10 Å². The van der Waals surface area contributed by atoms with Crippen LogP contribution in [0.25, 0.3) is 16.3 Å². The molecule has 3 heterocycles. The largest absolute Gasteiger partial charge is 0.755 e. The predicted octanol–water partition coefficient (Wildman–Crippen LogP) is 3.31. The van der Waals surface area contributed by atoms with Gasteiger partial charge in [0.25, 0.3) is 0 Å². The predicted molar refractivity (Wildman–Crippen MR) is 141 cm³/mol. The Kier molecular flexibility index (Phi) is 7.62. The quantitative estimate of drug-likeness (QED) is 0.308. The van der Waals surface area contributed by atoms with Crippen molar-refractivity contribution in [3.8, 4) is 5.75 Å². The number of hydrogen-bond acceptors (Lipinski definition) is 9. The summed E-state index contributed by atoms with van der Waals surface area (Å²) in [6.45, 7) is 1.02. The van der Waals surface area contributed by atoms with Crippen molar-refractivity contribution in [3.05, 3.63) is 71.4 Å². The van der Waals surface area contributed by atoms with Crippen LogP contribution in [0.3, 0.4) is 0 Å². The molecule has 1 aliphatic heterocycles. The molecule has 0 saturated carbocycles. The molecule has 0 spiro atoms. The number of nitrogens with one attached hydrogen (secondary N) is 1. The molecule has 1 atom stereocenters. The molecule has 1 aliphatic rings. The molecule has 0 amide bonds. The molecule has 11 nitrogen and oxygen atoms in total. The molecular weight excluding hydrogens is 536 g/mol. The number of rotatable bonds is 9. The Hall–Kier alpha value is -3.17. The normalized spacial score (nSPS) is 16.4. The number of nitrogens with zero attached hydrogens (tertiary/aromatic N) is 5. The van der Waals surface area contributed by atoms with Crippen LogP contribution in [0.15, 0.2) is 60.1 Å². The highest BCUT2D eigenvalue weighted by Crippen LogP contribution is 2.30. The topological polar surface area (TPSA) is 142 Å². The Morgan fingerprint density at radius 3 is 2.73 bits per heavy atom. The summed E-state index contributed by atoms with van der Waals surface area (Å²) in [5, 5.41) is 9.97. The molecular formula is C23H23N6O5S3-. The van der Waals surface area contributed by atoms with E-state index in [1.165, 1.54) is 21.1 Å². The van der Waals surface area contributed by atoms with Crippen molar-refractivity contribution >= 4 is 54.1 Å². The summed E-state index contributed by atoms with van der Waals surface area (Å²) in [7, 11) is -3.49. The second-order valence-electron chi connectivity index (χ2n) is 8.35. The number of thiazole rings is 1. The van der Waals surface area contributed by atoms with Crippen LogP contribution in [0.5, 0.6) is 5.75 Å². The van der Waals surface area contributed by atoms with Crippen molar-refractivity contribution in [1.29, 1.82) is 0 Å². The Bertz CT molecular complexity index is 1530. The first-order valence-corrected chi connectivity index (χ1v) is 14.8. The third-order valence-corrected chi connectivity index (χ3v) is 8.85. The van der Waals surface area contributed by atoms with Crippen molar-refractivity contribution in [2.75, 3.05) is 17.8 Å². The molecule has 4 aromatic rings. The number of benzene rings is 2. The van der Waals surface area contributed by atoms with Gasteiger partial charge in [-0.05, 0) is 42.7 Å². The van der Waals surface area contributed by atoms with E-state index in [9.17, 15) is 17.2 Å². The number of aromatic nitrogens is 4.